The normalized spacial score (nSPS) is 14.6. The van der Waals surface area contributed by atoms with Crippen LogP contribution in [0, 0.1) is 0 Å². The molecule has 0 aliphatic heterocycles. The van der Waals surface area contributed by atoms with Gasteiger partial charge in [0, 0.05) is 11.7 Å². The van der Waals surface area contributed by atoms with E-state index >= 15 is 0 Å². The third kappa shape index (κ3) is 4.84. The van der Waals surface area contributed by atoms with E-state index in [0.29, 0.717) is 5.02 Å². The van der Waals surface area contributed by atoms with E-state index in [1.54, 1.807) is 18.0 Å². The standard InChI is InChI=1S/C12H19ClN2OS/c1-12(9-16,14-2)6-4-8-17-11-10(13)5-3-7-15-11/h3,5,7,14,16H,4,6,8-9H2,1-2H3. The lowest BCUT2D eigenvalue weighted by Crippen LogP contribution is -2.43. The van der Waals surface area contributed by atoms with E-state index in [4.69, 9.17) is 11.6 Å². The van der Waals surface area contributed by atoms with Gasteiger partial charge in [0.25, 0.3) is 0 Å². The number of nitrogens with one attached hydrogen (secondary N) is 1. The lowest BCUT2D eigenvalue weighted by atomic mass is 9.98. The molecule has 0 saturated heterocycles. The van der Waals surface area contributed by atoms with Crippen molar-refractivity contribution in [2.45, 2.75) is 30.3 Å². The summed E-state index contributed by atoms with van der Waals surface area (Å²) in [6.07, 6.45) is 3.69. The highest BCUT2D eigenvalue weighted by Crippen LogP contribution is 2.25. The molecule has 1 unspecified atom stereocenters. The number of aliphatic hydroxyl groups is 1. The average Bonchev–Trinajstić information content (AvgIpc) is 2.36. The summed E-state index contributed by atoms with van der Waals surface area (Å²) in [5.41, 5.74) is -0.186. The monoisotopic (exact) mass is 274 g/mol. The van der Waals surface area contributed by atoms with Crippen LogP contribution in [-0.2, 0) is 0 Å². The van der Waals surface area contributed by atoms with Crippen LogP contribution in [0.15, 0.2) is 23.4 Å². The SMILES string of the molecule is CNC(C)(CO)CCCSc1ncccc1Cl. The molecule has 1 rings (SSSR count). The first-order valence-corrected chi connectivity index (χ1v) is 7.01. The Morgan fingerprint density at radius 2 is 2.35 bits per heavy atom. The van der Waals surface area contributed by atoms with Gasteiger partial charge in [-0.15, -0.1) is 11.8 Å². The summed E-state index contributed by atoms with van der Waals surface area (Å²) in [7, 11) is 1.87. The summed E-state index contributed by atoms with van der Waals surface area (Å²) in [6, 6.07) is 3.68. The number of aromatic nitrogens is 1. The van der Waals surface area contributed by atoms with Crippen molar-refractivity contribution in [2.75, 3.05) is 19.4 Å². The van der Waals surface area contributed by atoms with Crippen molar-refractivity contribution in [3.63, 3.8) is 0 Å². The number of pyridine rings is 1. The number of halogens is 1. The minimum Gasteiger partial charge on any atom is -0.394 e. The average molecular weight is 275 g/mol. The quantitative estimate of drug-likeness (QED) is 0.593. The molecule has 1 atom stereocenters. The molecule has 0 saturated carbocycles. The second kappa shape index (κ2) is 7.21. The predicted octanol–water partition coefficient (Wildman–Crippen LogP) is 2.58. The van der Waals surface area contributed by atoms with Crippen molar-refractivity contribution in [2.24, 2.45) is 0 Å². The van der Waals surface area contributed by atoms with Crippen LogP contribution in [0.2, 0.25) is 5.02 Å². The summed E-state index contributed by atoms with van der Waals surface area (Å²) in [5.74, 6) is 0.952. The summed E-state index contributed by atoms with van der Waals surface area (Å²) in [4.78, 5) is 4.22. The molecule has 0 amide bonds. The zero-order valence-electron chi connectivity index (χ0n) is 10.2. The van der Waals surface area contributed by atoms with Crippen molar-refractivity contribution >= 4 is 23.4 Å². The topological polar surface area (TPSA) is 45.1 Å². The van der Waals surface area contributed by atoms with E-state index in [-0.39, 0.29) is 12.1 Å². The number of likely N-dealkylation sites (N-methyl/N-ethyl adjacent to an activating group) is 1. The van der Waals surface area contributed by atoms with E-state index in [1.807, 2.05) is 26.1 Å². The van der Waals surface area contributed by atoms with E-state index in [1.165, 1.54) is 0 Å². The molecule has 0 spiro atoms. The number of thioether (sulfide) groups is 1. The summed E-state index contributed by atoms with van der Waals surface area (Å²) >= 11 is 7.67. The maximum absolute atomic E-state index is 9.24. The van der Waals surface area contributed by atoms with Gasteiger partial charge in [-0.05, 0) is 44.7 Å². The molecule has 0 aliphatic carbocycles. The van der Waals surface area contributed by atoms with Crippen LogP contribution in [0.3, 0.4) is 0 Å². The third-order valence-electron chi connectivity index (χ3n) is 2.79. The first kappa shape index (κ1) is 14.8. The molecule has 0 aliphatic rings. The van der Waals surface area contributed by atoms with E-state index in [9.17, 15) is 5.11 Å². The largest absolute Gasteiger partial charge is 0.394 e. The maximum Gasteiger partial charge on any atom is 0.115 e. The molecule has 2 N–H and O–H groups in total. The molecule has 1 aromatic heterocycles. The minimum absolute atomic E-state index is 0.151. The Morgan fingerprint density at radius 1 is 1.59 bits per heavy atom. The Kier molecular flexibility index (Phi) is 6.27. The van der Waals surface area contributed by atoms with Gasteiger partial charge in [0.2, 0.25) is 0 Å². The van der Waals surface area contributed by atoms with Gasteiger partial charge in [0.15, 0.2) is 0 Å². The highest BCUT2D eigenvalue weighted by Gasteiger charge is 2.19. The second-order valence-corrected chi connectivity index (χ2v) is 5.70. The molecule has 3 nitrogen and oxygen atoms in total. The Labute approximate surface area is 112 Å². The molecule has 0 bridgehead atoms. The van der Waals surface area contributed by atoms with Gasteiger partial charge in [0.05, 0.1) is 11.6 Å². The first-order chi connectivity index (χ1) is 8.11. The smallest absolute Gasteiger partial charge is 0.115 e. The van der Waals surface area contributed by atoms with Crippen molar-refractivity contribution in [1.29, 1.82) is 0 Å². The summed E-state index contributed by atoms with van der Waals surface area (Å²) in [5, 5.41) is 14.0. The number of hydrogen-bond donors (Lipinski definition) is 2. The Balaban J connectivity index is 2.32. The van der Waals surface area contributed by atoms with E-state index in [0.717, 1.165) is 23.6 Å². The second-order valence-electron chi connectivity index (χ2n) is 4.21. The van der Waals surface area contributed by atoms with Gasteiger partial charge in [0.1, 0.15) is 5.03 Å². The van der Waals surface area contributed by atoms with Crippen LogP contribution >= 0.6 is 23.4 Å². The van der Waals surface area contributed by atoms with Crippen molar-refractivity contribution in [3.05, 3.63) is 23.4 Å². The van der Waals surface area contributed by atoms with Crippen LogP contribution in [-0.4, -0.2) is 35.0 Å². The summed E-state index contributed by atoms with van der Waals surface area (Å²) < 4.78 is 0. The van der Waals surface area contributed by atoms with Crippen LogP contribution in [0.4, 0.5) is 0 Å². The molecule has 1 aromatic rings. The number of rotatable bonds is 7. The van der Waals surface area contributed by atoms with Gasteiger partial charge in [-0.2, -0.15) is 0 Å². The maximum atomic E-state index is 9.24. The molecule has 0 radical (unpaired) electrons. The molecule has 1 heterocycles. The van der Waals surface area contributed by atoms with Crippen LogP contribution in [0.5, 0.6) is 0 Å². The highest BCUT2D eigenvalue weighted by atomic mass is 35.5. The summed E-state index contributed by atoms with van der Waals surface area (Å²) in [6.45, 7) is 2.17. The van der Waals surface area contributed by atoms with E-state index in [2.05, 4.69) is 10.3 Å². The molecule has 0 aromatic carbocycles. The Hall–Kier alpha value is -0.290. The lowest BCUT2D eigenvalue weighted by Gasteiger charge is -2.26. The van der Waals surface area contributed by atoms with Gasteiger partial charge in [-0.3, -0.25) is 0 Å². The van der Waals surface area contributed by atoms with Gasteiger partial charge in [-0.1, -0.05) is 11.6 Å². The lowest BCUT2D eigenvalue weighted by molar-refractivity contribution is 0.173. The van der Waals surface area contributed by atoms with Gasteiger partial charge in [-0.25, -0.2) is 4.98 Å². The van der Waals surface area contributed by atoms with Crippen molar-refractivity contribution in [1.82, 2.24) is 10.3 Å². The molecule has 0 fully saturated rings. The minimum atomic E-state index is -0.186. The van der Waals surface area contributed by atoms with Gasteiger partial charge < -0.3 is 10.4 Å². The first-order valence-electron chi connectivity index (χ1n) is 5.64. The third-order valence-corrected chi connectivity index (χ3v) is 4.30. The number of nitrogens with zero attached hydrogens (tertiary/aromatic N) is 1. The molecule has 17 heavy (non-hydrogen) atoms. The fraction of sp³-hybridized carbons (Fsp3) is 0.583. The molecule has 96 valence electrons. The van der Waals surface area contributed by atoms with Crippen LogP contribution < -0.4 is 5.32 Å². The zero-order chi connectivity index (χ0) is 12.7. The molecular weight excluding hydrogens is 256 g/mol. The van der Waals surface area contributed by atoms with E-state index < -0.39 is 0 Å². The zero-order valence-corrected chi connectivity index (χ0v) is 11.8. The van der Waals surface area contributed by atoms with Crippen molar-refractivity contribution in [3.8, 4) is 0 Å². The molecular formula is C12H19ClN2OS. The van der Waals surface area contributed by atoms with Crippen LogP contribution in [0.1, 0.15) is 19.8 Å². The predicted molar refractivity (Wildman–Crippen MR) is 73.8 cm³/mol. The van der Waals surface area contributed by atoms with Gasteiger partial charge >= 0.3 is 0 Å². The Morgan fingerprint density at radius 3 is 2.94 bits per heavy atom. The fourth-order valence-electron chi connectivity index (χ4n) is 1.39. The fourth-order valence-corrected chi connectivity index (χ4v) is 2.50. The number of aliphatic hydroxyl groups excluding tert-OH is 1. The Bertz CT molecular complexity index is 345. The highest BCUT2D eigenvalue weighted by molar-refractivity contribution is 7.99. The molecule has 5 heteroatoms. The number of hydrogen-bond acceptors (Lipinski definition) is 4. The van der Waals surface area contributed by atoms with Crippen LogP contribution in [0.25, 0.3) is 0 Å². The van der Waals surface area contributed by atoms with Crippen molar-refractivity contribution < 1.29 is 5.11 Å².